The summed E-state index contributed by atoms with van der Waals surface area (Å²) in [5.74, 6) is 1.40. The van der Waals surface area contributed by atoms with Gasteiger partial charge in [0.1, 0.15) is 0 Å². The molecule has 1 saturated carbocycles. The number of hydrogen-bond acceptors (Lipinski definition) is 2. The van der Waals surface area contributed by atoms with Gasteiger partial charge in [0, 0.05) is 6.42 Å². The molecule has 0 radical (unpaired) electrons. The summed E-state index contributed by atoms with van der Waals surface area (Å²) in [4.78, 5) is 12.2. The zero-order valence-corrected chi connectivity index (χ0v) is 14.9. The quantitative estimate of drug-likeness (QED) is 0.765. The van der Waals surface area contributed by atoms with Gasteiger partial charge in [0.25, 0.3) is 0 Å². The monoisotopic (exact) mass is 304 g/mol. The Kier molecular flexibility index (Phi) is 5.01. The normalized spacial score (nSPS) is 39.5. The van der Waals surface area contributed by atoms with Gasteiger partial charge in [-0.05, 0) is 68.3 Å². The lowest BCUT2D eigenvalue weighted by Gasteiger charge is -2.57. The summed E-state index contributed by atoms with van der Waals surface area (Å²) < 4.78 is 0. The van der Waals surface area contributed by atoms with Crippen molar-refractivity contribution in [3.8, 4) is 0 Å². The molecule has 124 valence electrons. The van der Waals surface area contributed by atoms with Gasteiger partial charge in [0.2, 0.25) is 0 Å². The molecule has 0 heterocycles. The molecule has 2 rings (SSSR count). The first-order valence-corrected chi connectivity index (χ1v) is 8.72. The van der Waals surface area contributed by atoms with Gasteiger partial charge in [0.15, 0.2) is 5.78 Å². The average molecular weight is 304 g/mol. The number of rotatable bonds is 4. The predicted octanol–water partition coefficient (Wildman–Crippen LogP) is 4.68. The second-order valence-corrected chi connectivity index (χ2v) is 8.15. The molecule has 2 aliphatic carbocycles. The van der Waals surface area contributed by atoms with Crippen LogP contribution in [-0.4, -0.2) is 17.5 Å². The molecule has 0 aromatic carbocycles. The highest BCUT2D eigenvalue weighted by Crippen LogP contribution is 2.61. The summed E-state index contributed by atoms with van der Waals surface area (Å²) in [6, 6.07) is 0. The fourth-order valence-electron chi connectivity index (χ4n) is 4.83. The summed E-state index contributed by atoms with van der Waals surface area (Å²) in [6.07, 6.45) is 9.08. The van der Waals surface area contributed by atoms with Crippen molar-refractivity contribution in [2.24, 2.45) is 22.7 Å². The molecular formula is C20H32O2. The minimum Gasteiger partial charge on any atom is -0.392 e. The number of fused-ring (bicyclic) bond motifs is 1. The van der Waals surface area contributed by atoms with E-state index in [1.165, 1.54) is 24.0 Å². The second kappa shape index (κ2) is 6.31. The van der Waals surface area contributed by atoms with Crippen LogP contribution in [0.25, 0.3) is 0 Å². The van der Waals surface area contributed by atoms with Gasteiger partial charge < -0.3 is 5.11 Å². The molecule has 2 heteroatoms. The third-order valence-electron chi connectivity index (χ3n) is 6.97. The van der Waals surface area contributed by atoms with Crippen molar-refractivity contribution in [3.05, 3.63) is 23.3 Å². The van der Waals surface area contributed by atoms with E-state index in [-0.39, 0.29) is 17.4 Å². The summed E-state index contributed by atoms with van der Waals surface area (Å²) in [5.41, 5.74) is 2.93. The molecule has 0 amide bonds. The molecule has 2 aliphatic rings. The highest BCUT2D eigenvalue weighted by molar-refractivity contribution is 5.92. The van der Waals surface area contributed by atoms with Crippen LogP contribution in [-0.2, 0) is 4.79 Å². The molecule has 2 nitrogen and oxygen atoms in total. The molecule has 22 heavy (non-hydrogen) atoms. The van der Waals surface area contributed by atoms with Crippen molar-refractivity contribution >= 4 is 5.78 Å². The smallest absolute Gasteiger partial charge is 0.155 e. The van der Waals surface area contributed by atoms with Crippen LogP contribution in [0, 0.1) is 22.7 Å². The Morgan fingerprint density at radius 2 is 2.14 bits per heavy atom. The van der Waals surface area contributed by atoms with Crippen molar-refractivity contribution in [3.63, 3.8) is 0 Å². The summed E-state index contributed by atoms with van der Waals surface area (Å²) in [7, 11) is 0. The molecule has 0 aromatic heterocycles. The van der Waals surface area contributed by atoms with E-state index in [1.54, 1.807) is 0 Å². The molecule has 0 bridgehead atoms. The largest absolute Gasteiger partial charge is 0.392 e. The minimum absolute atomic E-state index is 0.125. The van der Waals surface area contributed by atoms with E-state index in [1.807, 2.05) is 12.2 Å². The molecular weight excluding hydrogens is 272 g/mol. The predicted molar refractivity (Wildman–Crippen MR) is 91.6 cm³/mol. The molecule has 0 spiro atoms. The van der Waals surface area contributed by atoms with Crippen LogP contribution in [0.1, 0.15) is 66.7 Å². The van der Waals surface area contributed by atoms with Crippen LogP contribution in [0.5, 0.6) is 0 Å². The standard InChI is InChI=1S/C20H32O2/c1-14(8-11-21)6-9-19(4)15(2)7-10-20(5)16(3)12-17(22)13-18(19)20/h8,12,15,18,21H,6-7,9-11,13H2,1-5H3. The fourth-order valence-corrected chi connectivity index (χ4v) is 4.83. The maximum atomic E-state index is 12.2. The lowest BCUT2D eigenvalue weighted by Crippen LogP contribution is -2.50. The Labute approximate surface area is 135 Å². The highest BCUT2D eigenvalue weighted by atomic mass is 16.2. The Morgan fingerprint density at radius 1 is 1.45 bits per heavy atom. The number of hydrogen-bond donors (Lipinski definition) is 1. The molecule has 1 fully saturated rings. The first-order chi connectivity index (χ1) is 10.2. The van der Waals surface area contributed by atoms with Crippen molar-refractivity contribution < 1.29 is 9.90 Å². The van der Waals surface area contributed by atoms with E-state index >= 15 is 0 Å². The van der Waals surface area contributed by atoms with Gasteiger partial charge in [-0.3, -0.25) is 4.79 Å². The second-order valence-electron chi connectivity index (χ2n) is 8.15. The van der Waals surface area contributed by atoms with Gasteiger partial charge >= 0.3 is 0 Å². The molecule has 4 unspecified atom stereocenters. The molecule has 4 atom stereocenters. The van der Waals surface area contributed by atoms with Crippen LogP contribution in [0.2, 0.25) is 0 Å². The van der Waals surface area contributed by atoms with Gasteiger partial charge in [-0.2, -0.15) is 0 Å². The van der Waals surface area contributed by atoms with E-state index in [4.69, 9.17) is 5.11 Å². The van der Waals surface area contributed by atoms with Gasteiger partial charge in [0.05, 0.1) is 6.61 Å². The van der Waals surface area contributed by atoms with E-state index in [9.17, 15) is 4.79 Å². The van der Waals surface area contributed by atoms with Crippen molar-refractivity contribution in [1.29, 1.82) is 0 Å². The first kappa shape index (κ1) is 17.5. The molecule has 0 aliphatic heterocycles. The van der Waals surface area contributed by atoms with E-state index in [0.717, 1.165) is 12.8 Å². The van der Waals surface area contributed by atoms with Gasteiger partial charge in [-0.15, -0.1) is 0 Å². The third-order valence-corrected chi connectivity index (χ3v) is 6.97. The SMILES string of the molecule is CC(=CCO)CCC1(C)C(C)CCC2(C)C(C)=CC(=O)CC21. The highest BCUT2D eigenvalue weighted by Gasteiger charge is 2.54. The third kappa shape index (κ3) is 2.95. The van der Waals surface area contributed by atoms with Crippen molar-refractivity contribution in [1.82, 2.24) is 0 Å². The Hall–Kier alpha value is -0.890. The number of allylic oxidation sites excluding steroid dienone is 3. The van der Waals surface area contributed by atoms with Gasteiger partial charge in [-0.1, -0.05) is 38.0 Å². The average Bonchev–Trinajstić information content (AvgIpc) is 2.45. The van der Waals surface area contributed by atoms with Crippen LogP contribution in [0.15, 0.2) is 23.3 Å². The Bertz CT molecular complexity index is 502. The zero-order chi connectivity index (χ0) is 16.5. The first-order valence-electron chi connectivity index (χ1n) is 8.72. The number of carbonyl (C=O) groups is 1. The molecule has 0 saturated heterocycles. The zero-order valence-electron chi connectivity index (χ0n) is 14.9. The van der Waals surface area contributed by atoms with Crippen LogP contribution in [0.3, 0.4) is 0 Å². The Balaban J connectivity index is 2.30. The van der Waals surface area contributed by atoms with E-state index in [2.05, 4.69) is 34.6 Å². The summed E-state index contributed by atoms with van der Waals surface area (Å²) in [6.45, 7) is 11.5. The van der Waals surface area contributed by atoms with Gasteiger partial charge in [-0.25, -0.2) is 0 Å². The summed E-state index contributed by atoms with van der Waals surface area (Å²) >= 11 is 0. The maximum absolute atomic E-state index is 12.2. The van der Waals surface area contributed by atoms with Crippen LogP contribution < -0.4 is 0 Å². The van der Waals surface area contributed by atoms with Crippen molar-refractivity contribution in [2.45, 2.75) is 66.7 Å². The molecule has 1 N–H and O–H groups in total. The topological polar surface area (TPSA) is 37.3 Å². The lowest BCUT2D eigenvalue weighted by molar-refractivity contribution is -0.123. The van der Waals surface area contributed by atoms with Crippen LogP contribution >= 0.6 is 0 Å². The van der Waals surface area contributed by atoms with E-state index < -0.39 is 0 Å². The fraction of sp³-hybridized carbons (Fsp3) is 0.750. The number of carbonyl (C=O) groups excluding carboxylic acids is 1. The summed E-state index contributed by atoms with van der Waals surface area (Å²) in [5, 5.41) is 9.06. The minimum atomic E-state index is 0.125. The van der Waals surface area contributed by atoms with Crippen molar-refractivity contribution in [2.75, 3.05) is 6.61 Å². The lowest BCUT2D eigenvalue weighted by atomic mass is 9.47. The number of aliphatic hydroxyl groups is 1. The number of ketones is 1. The number of aliphatic hydroxyl groups excluding tert-OH is 1. The van der Waals surface area contributed by atoms with E-state index in [0.29, 0.717) is 24.0 Å². The Morgan fingerprint density at radius 3 is 2.77 bits per heavy atom. The molecule has 0 aromatic rings. The maximum Gasteiger partial charge on any atom is 0.155 e. The van der Waals surface area contributed by atoms with Crippen LogP contribution in [0.4, 0.5) is 0 Å².